The van der Waals surface area contributed by atoms with Crippen LogP contribution >= 0.6 is 0 Å². The van der Waals surface area contributed by atoms with E-state index in [1.54, 1.807) is 6.92 Å². The first-order valence-electron chi connectivity index (χ1n) is 6.62. The van der Waals surface area contributed by atoms with E-state index in [0.717, 1.165) is 11.1 Å². The number of primary amides is 1. The highest BCUT2D eigenvalue weighted by Crippen LogP contribution is 2.24. The number of hydrogen-bond acceptors (Lipinski definition) is 4. The van der Waals surface area contributed by atoms with Crippen molar-refractivity contribution in [1.29, 1.82) is 0 Å². The fourth-order valence-electron chi connectivity index (χ4n) is 2.56. The van der Waals surface area contributed by atoms with Gasteiger partial charge in [0.1, 0.15) is 11.9 Å². The molecule has 0 fully saturated rings. The molecule has 3 rings (SSSR count). The van der Waals surface area contributed by atoms with Crippen molar-refractivity contribution >= 4 is 11.8 Å². The van der Waals surface area contributed by atoms with E-state index in [4.69, 9.17) is 5.73 Å². The summed E-state index contributed by atoms with van der Waals surface area (Å²) in [5.74, 6) is -0.313. The number of nitrogens with two attached hydrogens (primary N) is 1. The van der Waals surface area contributed by atoms with Crippen LogP contribution in [-0.2, 0) is 17.8 Å². The summed E-state index contributed by atoms with van der Waals surface area (Å²) >= 11 is 0. The van der Waals surface area contributed by atoms with E-state index >= 15 is 0 Å². The number of hydrogen-bond donors (Lipinski definition) is 2. The molecule has 1 aliphatic heterocycles. The maximum Gasteiger partial charge on any atom is 0.294 e. The number of carbonyl (C=O) groups is 2. The van der Waals surface area contributed by atoms with E-state index in [9.17, 15) is 9.59 Å². The molecule has 0 radical (unpaired) electrons. The smallest absolute Gasteiger partial charge is 0.294 e. The summed E-state index contributed by atoms with van der Waals surface area (Å²) in [4.78, 5) is 29.7. The minimum atomic E-state index is -0.675. The van der Waals surface area contributed by atoms with Crippen molar-refractivity contribution in [1.82, 2.24) is 20.1 Å². The molecule has 21 heavy (non-hydrogen) atoms. The molecule has 0 saturated heterocycles. The van der Waals surface area contributed by atoms with E-state index in [-0.39, 0.29) is 5.82 Å². The molecule has 1 aliphatic rings. The highest BCUT2D eigenvalue weighted by atomic mass is 16.2. The summed E-state index contributed by atoms with van der Waals surface area (Å²) < 4.78 is 0. The number of fused-ring (bicyclic) bond motifs is 1. The first-order chi connectivity index (χ1) is 10.1. The molecular weight excluding hydrogens is 270 g/mol. The first-order valence-corrected chi connectivity index (χ1v) is 6.62. The van der Waals surface area contributed by atoms with Crippen LogP contribution in [0.4, 0.5) is 0 Å². The van der Waals surface area contributed by atoms with Gasteiger partial charge in [-0.2, -0.15) is 0 Å². The van der Waals surface area contributed by atoms with Gasteiger partial charge in [-0.3, -0.25) is 14.7 Å². The second-order valence-electron chi connectivity index (χ2n) is 5.07. The summed E-state index contributed by atoms with van der Waals surface area (Å²) in [6, 6.07) is 7.03. The highest BCUT2D eigenvalue weighted by molar-refractivity contribution is 5.95. The first kappa shape index (κ1) is 13.3. The Hall–Kier alpha value is -2.70. The molecule has 1 aromatic carbocycles. The molecule has 7 heteroatoms. The maximum absolute atomic E-state index is 12.5. The molecule has 0 bridgehead atoms. The van der Waals surface area contributed by atoms with E-state index < -0.39 is 17.9 Å². The van der Waals surface area contributed by atoms with Gasteiger partial charge in [0.2, 0.25) is 11.7 Å². The quantitative estimate of drug-likeness (QED) is 0.820. The van der Waals surface area contributed by atoms with Gasteiger partial charge < -0.3 is 10.6 Å². The number of H-pyrrole nitrogens is 1. The van der Waals surface area contributed by atoms with E-state index in [2.05, 4.69) is 15.2 Å². The third-order valence-electron chi connectivity index (χ3n) is 3.63. The Bertz CT molecular complexity index is 709. The second-order valence-corrected chi connectivity index (χ2v) is 5.07. The van der Waals surface area contributed by atoms with Gasteiger partial charge in [0.25, 0.3) is 5.91 Å². The van der Waals surface area contributed by atoms with Gasteiger partial charge in [-0.15, -0.1) is 5.10 Å². The van der Waals surface area contributed by atoms with Gasteiger partial charge >= 0.3 is 0 Å². The molecule has 2 aromatic rings. The number of rotatable bonds is 2. The van der Waals surface area contributed by atoms with Crippen LogP contribution in [0.1, 0.15) is 27.6 Å². The Kier molecular flexibility index (Phi) is 3.17. The molecule has 3 N–H and O–H groups in total. The minimum Gasteiger partial charge on any atom is -0.368 e. The molecule has 108 valence electrons. The molecule has 1 atom stereocenters. The number of aryl methyl sites for hydroxylation is 1. The lowest BCUT2D eigenvalue weighted by Crippen LogP contribution is -2.51. The largest absolute Gasteiger partial charge is 0.368 e. The standard InChI is InChI=1S/C14H15N5O2/c1-8-16-13(18-17-8)14(21)19-7-10-5-3-2-4-9(10)6-11(19)12(15)20/h2-5,11H,6-7H2,1H3,(H2,15,20)(H,16,17,18)/t11-/m0/s1. The van der Waals surface area contributed by atoms with Crippen molar-refractivity contribution in [3.63, 3.8) is 0 Å². The van der Waals surface area contributed by atoms with Crippen molar-refractivity contribution in [2.24, 2.45) is 5.73 Å². The molecule has 2 amide bonds. The van der Waals surface area contributed by atoms with Crippen LogP contribution in [0.3, 0.4) is 0 Å². The van der Waals surface area contributed by atoms with Crippen LogP contribution in [-0.4, -0.2) is 37.9 Å². The Morgan fingerprint density at radius 2 is 2.05 bits per heavy atom. The zero-order valence-corrected chi connectivity index (χ0v) is 11.5. The van der Waals surface area contributed by atoms with Crippen LogP contribution in [0, 0.1) is 6.92 Å². The van der Waals surface area contributed by atoms with Crippen LogP contribution in [0.15, 0.2) is 24.3 Å². The van der Waals surface area contributed by atoms with E-state index in [1.807, 2.05) is 24.3 Å². The fraction of sp³-hybridized carbons (Fsp3) is 0.286. The molecule has 2 heterocycles. The normalized spacial score (nSPS) is 17.4. The monoisotopic (exact) mass is 285 g/mol. The highest BCUT2D eigenvalue weighted by Gasteiger charge is 2.35. The van der Waals surface area contributed by atoms with Crippen LogP contribution in [0.2, 0.25) is 0 Å². The lowest BCUT2D eigenvalue weighted by Gasteiger charge is -2.34. The molecule has 7 nitrogen and oxygen atoms in total. The predicted molar refractivity (Wildman–Crippen MR) is 74.1 cm³/mol. The number of benzene rings is 1. The molecule has 1 aromatic heterocycles. The Labute approximate surface area is 121 Å². The average molecular weight is 285 g/mol. The number of nitrogens with one attached hydrogen (secondary N) is 1. The lowest BCUT2D eigenvalue weighted by atomic mass is 9.93. The number of carbonyl (C=O) groups excluding carboxylic acids is 2. The summed E-state index contributed by atoms with van der Waals surface area (Å²) in [6.45, 7) is 2.04. The zero-order valence-electron chi connectivity index (χ0n) is 11.5. The van der Waals surface area contributed by atoms with Gasteiger partial charge in [-0.25, -0.2) is 4.98 Å². The number of aromatic nitrogens is 3. The SMILES string of the molecule is Cc1nc(C(=O)N2Cc3ccccc3C[C@H]2C(N)=O)n[nH]1. The summed E-state index contributed by atoms with van der Waals surface area (Å²) in [5.41, 5.74) is 7.50. The van der Waals surface area contributed by atoms with Gasteiger partial charge in [-0.1, -0.05) is 24.3 Å². The van der Waals surface area contributed by atoms with Crippen molar-refractivity contribution in [3.8, 4) is 0 Å². The molecule has 0 saturated carbocycles. The van der Waals surface area contributed by atoms with E-state index in [1.165, 1.54) is 4.90 Å². The molecule has 0 spiro atoms. The zero-order chi connectivity index (χ0) is 15.0. The summed E-state index contributed by atoms with van der Waals surface area (Å²) in [5, 5.41) is 6.49. The Balaban J connectivity index is 1.96. The Morgan fingerprint density at radius 1 is 1.33 bits per heavy atom. The van der Waals surface area contributed by atoms with Crippen molar-refractivity contribution in [2.45, 2.75) is 25.9 Å². The minimum absolute atomic E-state index is 0.0538. The van der Waals surface area contributed by atoms with Crippen LogP contribution in [0.25, 0.3) is 0 Å². The third kappa shape index (κ3) is 2.37. The fourth-order valence-corrected chi connectivity index (χ4v) is 2.56. The van der Waals surface area contributed by atoms with E-state index in [0.29, 0.717) is 18.8 Å². The van der Waals surface area contributed by atoms with Crippen LogP contribution in [0.5, 0.6) is 0 Å². The Morgan fingerprint density at radius 3 is 2.67 bits per heavy atom. The molecule has 0 unspecified atom stereocenters. The van der Waals surface area contributed by atoms with Crippen molar-refractivity contribution < 1.29 is 9.59 Å². The maximum atomic E-state index is 12.5. The average Bonchev–Trinajstić information content (AvgIpc) is 2.91. The summed E-state index contributed by atoms with van der Waals surface area (Å²) in [6.07, 6.45) is 0.417. The summed E-state index contributed by atoms with van der Waals surface area (Å²) in [7, 11) is 0. The van der Waals surface area contributed by atoms with Gasteiger partial charge in [0, 0.05) is 13.0 Å². The van der Waals surface area contributed by atoms with Crippen LogP contribution < -0.4 is 5.73 Å². The molecule has 0 aliphatic carbocycles. The second kappa shape index (κ2) is 5.01. The third-order valence-corrected chi connectivity index (χ3v) is 3.63. The predicted octanol–water partition coefficient (Wildman–Crippen LogP) is 0.166. The molecular formula is C14H15N5O2. The number of amides is 2. The van der Waals surface area contributed by atoms with Gasteiger partial charge in [-0.05, 0) is 18.1 Å². The lowest BCUT2D eigenvalue weighted by molar-refractivity contribution is -0.122. The van der Waals surface area contributed by atoms with Crippen molar-refractivity contribution in [3.05, 3.63) is 47.0 Å². The number of nitrogens with zero attached hydrogens (tertiary/aromatic N) is 3. The van der Waals surface area contributed by atoms with Crippen molar-refractivity contribution in [2.75, 3.05) is 0 Å². The topological polar surface area (TPSA) is 105 Å². The number of aromatic amines is 1. The van der Waals surface area contributed by atoms with Gasteiger partial charge in [0.15, 0.2) is 0 Å². The van der Waals surface area contributed by atoms with Gasteiger partial charge in [0.05, 0.1) is 0 Å².